The first kappa shape index (κ1) is 16.3. The van der Waals surface area contributed by atoms with Gasteiger partial charge in [-0.3, -0.25) is 9.59 Å². The van der Waals surface area contributed by atoms with Crippen LogP contribution in [0.5, 0.6) is 5.75 Å². The Bertz CT molecular complexity index is 512. The number of rotatable bonds is 6. The molecule has 1 amide bonds. The van der Waals surface area contributed by atoms with E-state index in [4.69, 9.17) is 4.74 Å². The van der Waals surface area contributed by atoms with Gasteiger partial charge in [0.05, 0.1) is 18.4 Å². The standard InChI is InChI=1S/C17H23NO4/c1-2-22-13-9-7-12(8-10-13)11-18-16(19)14-5-3-4-6-15(14)17(20)21/h7-10,14-15H,2-6,11H2,1H3,(H,18,19)(H,20,21). The predicted octanol–water partition coefficient (Wildman–Crippen LogP) is 2.59. The Labute approximate surface area is 130 Å². The van der Waals surface area contributed by atoms with E-state index in [1.807, 2.05) is 31.2 Å². The second-order valence-corrected chi connectivity index (χ2v) is 5.63. The third-order valence-electron chi connectivity index (χ3n) is 4.12. The van der Waals surface area contributed by atoms with Crippen LogP contribution in [-0.4, -0.2) is 23.6 Å². The van der Waals surface area contributed by atoms with Crippen LogP contribution >= 0.6 is 0 Å². The highest BCUT2D eigenvalue weighted by atomic mass is 16.5. The summed E-state index contributed by atoms with van der Waals surface area (Å²) in [5.74, 6) is -1.17. The third kappa shape index (κ3) is 4.23. The lowest BCUT2D eigenvalue weighted by molar-refractivity contribution is -0.148. The molecule has 5 nitrogen and oxygen atoms in total. The maximum absolute atomic E-state index is 12.3. The first-order valence-electron chi connectivity index (χ1n) is 7.84. The summed E-state index contributed by atoms with van der Waals surface area (Å²) in [5, 5.41) is 12.1. The second kappa shape index (κ2) is 7.82. The normalized spacial score (nSPS) is 21.1. The third-order valence-corrected chi connectivity index (χ3v) is 4.12. The number of carbonyl (C=O) groups excluding carboxylic acids is 1. The number of benzene rings is 1. The molecule has 2 unspecified atom stereocenters. The fourth-order valence-corrected chi connectivity index (χ4v) is 2.93. The van der Waals surface area contributed by atoms with Crippen molar-refractivity contribution in [2.45, 2.75) is 39.2 Å². The molecule has 0 heterocycles. The second-order valence-electron chi connectivity index (χ2n) is 5.63. The summed E-state index contributed by atoms with van der Waals surface area (Å²) < 4.78 is 5.37. The van der Waals surface area contributed by atoms with Crippen LogP contribution < -0.4 is 10.1 Å². The molecule has 1 aliphatic carbocycles. The molecule has 2 N–H and O–H groups in total. The van der Waals surface area contributed by atoms with E-state index in [9.17, 15) is 14.7 Å². The van der Waals surface area contributed by atoms with Crippen molar-refractivity contribution in [2.75, 3.05) is 6.61 Å². The van der Waals surface area contributed by atoms with E-state index in [2.05, 4.69) is 5.32 Å². The Kier molecular flexibility index (Phi) is 5.81. The highest BCUT2D eigenvalue weighted by Crippen LogP contribution is 2.30. The fourth-order valence-electron chi connectivity index (χ4n) is 2.93. The van der Waals surface area contributed by atoms with Crippen LogP contribution in [0.3, 0.4) is 0 Å². The zero-order chi connectivity index (χ0) is 15.9. The Morgan fingerprint density at radius 2 is 1.82 bits per heavy atom. The van der Waals surface area contributed by atoms with Crippen LogP contribution in [0.4, 0.5) is 0 Å². The first-order chi connectivity index (χ1) is 10.6. The summed E-state index contributed by atoms with van der Waals surface area (Å²) in [4.78, 5) is 23.5. The molecular formula is C17H23NO4. The molecule has 120 valence electrons. The maximum atomic E-state index is 12.3. The number of hydrogen-bond acceptors (Lipinski definition) is 3. The van der Waals surface area contributed by atoms with Crippen LogP contribution in [0, 0.1) is 11.8 Å². The minimum atomic E-state index is -0.860. The van der Waals surface area contributed by atoms with Gasteiger partial charge in [0.25, 0.3) is 0 Å². The molecule has 2 rings (SSSR count). The Morgan fingerprint density at radius 1 is 1.18 bits per heavy atom. The van der Waals surface area contributed by atoms with Crippen molar-refractivity contribution in [3.05, 3.63) is 29.8 Å². The molecule has 0 radical (unpaired) electrons. The van der Waals surface area contributed by atoms with Gasteiger partial charge in [0.2, 0.25) is 5.91 Å². The zero-order valence-corrected chi connectivity index (χ0v) is 12.9. The number of amides is 1. The van der Waals surface area contributed by atoms with Crippen molar-refractivity contribution in [1.82, 2.24) is 5.32 Å². The van der Waals surface area contributed by atoms with E-state index < -0.39 is 17.8 Å². The molecule has 1 aromatic rings. The molecule has 0 aliphatic heterocycles. The van der Waals surface area contributed by atoms with Gasteiger partial charge in [-0.15, -0.1) is 0 Å². The number of aliphatic carboxylic acids is 1. The summed E-state index contributed by atoms with van der Waals surface area (Å²) in [7, 11) is 0. The van der Waals surface area contributed by atoms with Gasteiger partial charge in [-0.25, -0.2) is 0 Å². The summed E-state index contributed by atoms with van der Waals surface area (Å²) >= 11 is 0. The van der Waals surface area contributed by atoms with E-state index in [1.54, 1.807) is 0 Å². The molecule has 22 heavy (non-hydrogen) atoms. The molecule has 0 bridgehead atoms. The van der Waals surface area contributed by atoms with Gasteiger partial charge in [-0.05, 0) is 37.5 Å². The van der Waals surface area contributed by atoms with Crippen LogP contribution in [0.1, 0.15) is 38.2 Å². The van der Waals surface area contributed by atoms with Crippen molar-refractivity contribution >= 4 is 11.9 Å². The lowest BCUT2D eigenvalue weighted by Crippen LogP contribution is -2.39. The molecular weight excluding hydrogens is 282 g/mol. The van der Waals surface area contributed by atoms with Gasteiger partial charge in [-0.1, -0.05) is 25.0 Å². The van der Waals surface area contributed by atoms with Gasteiger partial charge in [0.1, 0.15) is 5.75 Å². The molecule has 0 aromatic heterocycles. The molecule has 0 spiro atoms. The predicted molar refractivity (Wildman–Crippen MR) is 82.5 cm³/mol. The van der Waals surface area contributed by atoms with Gasteiger partial charge < -0.3 is 15.2 Å². The molecule has 0 saturated heterocycles. The van der Waals surface area contributed by atoms with E-state index in [-0.39, 0.29) is 5.91 Å². The van der Waals surface area contributed by atoms with E-state index in [0.29, 0.717) is 26.0 Å². The highest BCUT2D eigenvalue weighted by molar-refractivity contribution is 5.84. The average molecular weight is 305 g/mol. The van der Waals surface area contributed by atoms with Crippen LogP contribution in [0.2, 0.25) is 0 Å². The van der Waals surface area contributed by atoms with Crippen LogP contribution in [-0.2, 0) is 16.1 Å². The Balaban J connectivity index is 1.89. The monoisotopic (exact) mass is 305 g/mol. The number of nitrogens with one attached hydrogen (secondary N) is 1. The van der Waals surface area contributed by atoms with E-state index in [1.165, 1.54) is 0 Å². The van der Waals surface area contributed by atoms with Crippen molar-refractivity contribution in [2.24, 2.45) is 11.8 Å². The Hall–Kier alpha value is -2.04. The number of carboxylic acid groups (broad SMARTS) is 1. The van der Waals surface area contributed by atoms with Gasteiger partial charge >= 0.3 is 5.97 Å². The summed E-state index contributed by atoms with van der Waals surface area (Å²) in [6.07, 6.45) is 3.06. The molecule has 1 aromatic carbocycles. The Morgan fingerprint density at radius 3 is 2.41 bits per heavy atom. The summed E-state index contributed by atoms with van der Waals surface area (Å²) in [6.45, 7) is 2.96. The number of carbonyl (C=O) groups is 2. The maximum Gasteiger partial charge on any atom is 0.307 e. The number of ether oxygens (including phenoxy) is 1. The fraction of sp³-hybridized carbons (Fsp3) is 0.529. The molecule has 5 heteroatoms. The van der Waals surface area contributed by atoms with Crippen molar-refractivity contribution in [3.63, 3.8) is 0 Å². The van der Waals surface area contributed by atoms with Crippen LogP contribution in [0.15, 0.2) is 24.3 Å². The SMILES string of the molecule is CCOc1ccc(CNC(=O)C2CCCCC2C(=O)O)cc1. The highest BCUT2D eigenvalue weighted by Gasteiger charge is 2.35. The van der Waals surface area contributed by atoms with Gasteiger partial charge in [0.15, 0.2) is 0 Å². The molecule has 1 aliphatic rings. The quantitative estimate of drug-likeness (QED) is 0.847. The summed E-state index contributed by atoms with van der Waals surface area (Å²) in [5.41, 5.74) is 0.972. The largest absolute Gasteiger partial charge is 0.494 e. The van der Waals surface area contributed by atoms with Crippen molar-refractivity contribution in [3.8, 4) is 5.75 Å². The smallest absolute Gasteiger partial charge is 0.307 e. The minimum Gasteiger partial charge on any atom is -0.494 e. The summed E-state index contributed by atoms with van der Waals surface area (Å²) in [6, 6.07) is 7.54. The van der Waals surface area contributed by atoms with Crippen LogP contribution in [0.25, 0.3) is 0 Å². The average Bonchev–Trinajstić information content (AvgIpc) is 2.54. The minimum absolute atomic E-state index is 0.152. The van der Waals surface area contributed by atoms with Crippen molar-refractivity contribution in [1.29, 1.82) is 0 Å². The van der Waals surface area contributed by atoms with E-state index in [0.717, 1.165) is 24.2 Å². The van der Waals surface area contributed by atoms with Crippen molar-refractivity contribution < 1.29 is 19.4 Å². The topological polar surface area (TPSA) is 75.6 Å². The molecule has 1 saturated carbocycles. The molecule has 1 fully saturated rings. The van der Waals surface area contributed by atoms with Gasteiger partial charge in [-0.2, -0.15) is 0 Å². The first-order valence-corrected chi connectivity index (χ1v) is 7.84. The van der Waals surface area contributed by atoms with E-state index >= 15 is 0 Å². The molecule has 2 atom stereocenters. The van der Waals surface area contributed by atoms with Gasteiger partial charge in [0, 0.05) is 6.54 Å². The zero-order valence-electron chi connectivity index (χ0n) is 12.9. The number of hydrogen-bond donors (Lipinski definition) is 2. The lowest BCUT2D eigenvalue weighted by Gasteiger charge is -2.27. The number of carboxylic acids is 1. The lowest BCUT2D eigenvalue weighted by atomic mass is 9.78.